The normalized spacial score (nSPS) is 17.8. The number of benzene rings is 1. The van der Waals surface area contributed by atoms with Crippen molar-refractivity contribution in [2.45, 2.75) is 18.9 Å². The number of rotatable bonds is 5. The Bertz CT molecular complexity index is 562. The molecule has 0 radical (unpaired) electrons. The average molecular weight is 285 g/mol. The highest BCUT2D eigenvalue weighted by atomic mass is 16.5. The molecule has 1 saturated heterocycles. The quantitative estimate of drug-likeness (QED) is 0.912. The summed E-state index contributed by atoms with van der Waals surface area (Å²) in [7, 11) is 0. The Balaban J connectivity index is 1.71. The van der Waals surface area contributed by atoms with Crippen molar-refractivity contribution in [3.63, 3.8) is 0 Å². The van der Waals surface area contributed by atoms with Crippen LogP contribution >= 0.6 is 0 Å². The monoisotopic (exact) mass is 285 g/mol. The number of amides is 1. The Morgan fingerprint density at radius 2 is 2.19 bits per heavy atom. The van der Waals surface area contributed by atoms with E-state index in [0.717, 1.165) is 19.4 Å². The molecule has 1 atom stereocenters. The third kappa shape index (κ3) is 3.31. The SMILES string of the molecule is O=C(c1ccn[nH]1)N(CCc1ccccc1)[C@H]1CCOC1. The van der Waals surface area contributed by atoms with Gasteiger partial charge in [-0.3, -0.25) is 9.89 Å². The Hall–Kier alpha value is -2.14. The lowest BCUT2D eigenvalue weighted by molar-refractivity contribution is 0.0650. The Labute approximate surface area is 123 Å². The first kappa shape index (κ1) is 13.8. The fourth-order valence-electron chi connectivity index (χ4n) is 2.64. The summed E-state index contributed by atoms with van der Waals surface area (Å²) < 4.78 is 5.44. The predicted molar refractivity (Wildman–Crippen MR) is 79.0 cm³/mol. The van der Waals surface area contributed by atoms with E-state index in [-0.39, 0.29) is 11.9 Å². The number of carbonyl (C=O) groups excluding carboxylic acids is 1. The second-order valence-corrected chi connectivity index (χ2v) is 5.22. The fraction of sp³-hybridized carbons (Fsp3) is 0.375. The van der Waals surface area contributed by atoms with Gasteiger partial charge in [0.15, 0.2) is 0 Å². The smallest absolute Gasteiger partial charge is 0.272 e. The van der Waals surface area contributed by atoms with E-state index in [1.807, 2.05) is 23.1 Å². The summed E-state index contributed by atoms with van der Waals surface area (Å²) in [6.45, 7) is 2.04. The minimum absolute atomic E-state index is 0.000990. The second-order valence-electron chi connectivity index (χ2n) is 5.22. The van der Waals surface area contributed by atoms with Crippen molar-refractivity contribution in [3.05, 3.63) is 53.9 Å². The highest BCUT2D eigenvalue weighted by Crippen LogP contribution is 2.16. The first-order valence-corrected chi connectivity index (χ1v) is 7.26. The molecule has 1 aromatic heterocycles. The molecule has 5 nitrogen and oxygen atoms in total. The summed E-state index contributed by atoms with van der Waals surface area (Å²) in [4.78, 5) is 14.5. The van der Waals surface area contributed by atoms with Crippen LogP contribution < -0.4 is 0 Å². The van der Waals surface area contributed by atoms with E-state index in [9.17, 15) is 4.79 Å². The molecule has 110 valence electrons. The molecule has 5 heteroatoms. The molecule has 0 spiro atoms. The van der Waals surface area contributed by atoms with Gasteiger partial charge in [0.25, 0.3) is 5.91 Å². The average Bonchev–Trinajstić information content (AvgIpc) is 3.22. The lowest BCUT2D eigenvalue weighted by atomic mass is 10.1. The molecule has 0 bridgehead atoms. The predicted octanol–water partition coefficient (Wildman–Crippen LogP) is 1.88. The molecule has 1 aromatic carbocycles. The van der Waals surface area contributed by atoms with Crippen molar-refractivity contribution in [2.24, 2.45) is 0 Å². The number of nitrogens with one attached hydrogen (secondary N) is 1. The van der Waals surface area contributed by atoms with Gasteiger partial charge in [-0.2, -0.15) is 5.10 Å². The molecule has 21 heavy (non-hydrogen) atoms. The summed E-state index contributed by atoms with van der Waals surface area (Å²) in [6, 6.07) is 12.1. The van der Waals surface area contributed by atoms with Crippen molar-refractivity contribution >= 4 is 5.91 Å². The summed E-state index contributed by atoms with van der Waals surface area (Å²) in [5.74, 6) is -0.000990. The van der Waals surface area contributed by atoms with E-state index < -0.39 is 0 Å². The van der Waals surface area contributed by atoms with Crippen LogP contribution in [0.25, 0.3) is 0 Å². The Morgan fingerprint density at radius 1 is 1.33 bits per heavy atom. The van der Waals surface area contributed by atoms with Crippen LogP contribution in [-0.2, 0) is 11.2 Å². The minimum atomic E-state index is -0.000990. The van der Waals surface area contributed by atoms with Gasteiger partial charge in [-0.25, -0.2) is 0 Å². The molecule has 1 aliphatic heterocycles. The molecule has 1 N–H and O–H groups in total. The van der Waals surface area contributed by atoms with Crippen LogP contribution in [0.4, 0.5) is 0 Å². The number of aromatic nitrogens is 2. The molecule has 2 aromatic rings. The van der Waals surface area contributed by atoms with Gasteiger partial charge < -0.3 is 9.64 Å². The number of carbonyl (C=O) groups is 1. The number of H-pyrrole nitrogens is 1. The number of aromatic amines is 1. The maximum Gasteiger partial charge on any atom is 0.272 e. The van der Waals surface area contributed by atoms with Crippen molar-refractivity contribution in [1.82, 2.24) is 15.1 Å². The van der Waals surface area contributed by atoms with Crippen molar-refractivity contribution in [2.75, 3.05) is 19.8 Å². The van der Waals surface area contributed by atoms with Gasteiger partial charge in [0.05, 0.1) is 12.6 Å². The van der Waals surface area contributed by atoms with Gasteiger partial charge >= 0.3 is 0 Å². The van der Waals surface area contributed by atoms with E-state index in [1.54, 1.807) is 12.3 Å². The Kier molecular flexibility index (Phi) is 4.31. The first-order valence-electron chi connectivity index (χ1n) is 7.26. The highest BCUT2D eigenvalue weighted by molar-refractivity contribution is 5.92. The van der Waals surface area contributed by atoms with Gasteiger partial charge in [-0.05, 0) is 24.5 Å². The van der Waals surface area contributed by atoms with Gasteiger partial charge in [-0.15, -0.1) is 0 Å². The van der Waals surface area contributed by atoms with Crippen molar-refractivity contribution in [1.29, 1.82) is 0 Å². The zero-order valence-corrected chi connectivity index (χ0v) is 11.9. The molecule has 3 rings (SSSR count). The van der Waals surface area contributed by atoms with Crippen LogP contribution in [0.15, 0.2) is 42.6 Å². The van der Waals surface area contributed by atoms with Gasteiger partial charge in [-0.1, -0.05) is 30.3 Å². The molecule has 1 aliphatic rings. The summed E-state index contributed by atoms with van der Waals surface area (Å²) >= 11 is 0. The minimum Gasteiger partial charge on any atom is -0.379 e. The Morgan fingerprint density at radius 3 is 2.86 bits per heavy atom. The molecular weight excluding hydrogens is 266 g/mol. The van der Waals surface area contributed by atoms with Crippen molar-refractivity contribution in [3.8, 4) is 0 Å². The third-order valence-electron chi connectivity index (χ3n) is 3.82. The standard InChI is InChI=1S/C16H19N3O2/c20-16(15-6-9-17-18-15)19(14-8-11-21-12-14)10-7-13-4-2-1-3-5-13/h1-6,9,14H,7-8,10-12H2,(H,17,18)/t14-/m0/s1. The van der Waals surface area contributed by atoms with Crippen LogP contribution in [-0.4, -0.2) is 46.8 Å². The molecule has 2 heterocycles. The van der Waals surface area contributed by atoms with Crippen LogP contribution in [0.2, 0.25) is 0 Å². The molecule has 0 saturated carbocycles. The highest BCUT2D eigenvalue weighted by Gasteiger charge is 2.28. The van der Waals surface area contributed by atoms with E-state index in [1.165, 1.54) is 5.56 Å². The third-order valence-corrected chi connectivity index (χ3v) is 3.82. The molecule has 0 unspecified atom stereocenters. The maximum absolute atomic E-state index is 12.6. The first-order chi connectivity index (χ1) is 10.3. The zero-order chi connectivity index (χ0) is 14.5. The van der Waals surface area contributed by atoms with Crippen LogP contribution in [0, 0.1) is 0 Å². The van der Waals surface area contributed by atoms with E-state index >= 15 is 0 Å². The lowest BCUT2D eigenvalue weighted by Crippen LogP contribution is -2.42. The van der Waals surface area contributed by atoms with Crippen molar-refractivity contribution < 1.29 is 9.53 Å². The molecular formula is C16H19N3O2. The van der Waals surface area contributed by atoms with Gasteiger partial charge in [0, 0.05) is 19.3 Å². The molecule has 0 aliphatic carbocycles. The van der Waals surface area contributed by atoms with E-state index in [2.05, 4.69) is 22.3 Å². The van der Waals surface area contributed by atoms with Gasteiger partial charge in [0.1, 0.15) is 5.69 Å². The van der Waals surface area contributed by atoms with Crippen LogP contribution in [0.5, 0.6) is 0 Å². The summed E-state index contributed by atoms with van der Waals surface area (Å²) in [5, 5.41) is 6.62. The zero-order valence-electron chi connectivity index (χ0n) is 11.9. The number of nitrogens with zero attached hydrogens (tertiary/aromatic N) is 2. The lowest BCUT2D eigenvalue weighted by Gasteiger charge is -2.27. The second kappa shape index (κ2) is 6.54. The van der Waals surface area contributed by atoms with E-state index in [4.69, 9.17) is 4.74 Å². The van der Waals surface area contributed by atoms with Gasteiger partial charge in [0.2, 0.25) is 0 Å². The number of hydrogen-bond acceptors (Lipinski definition) is 3. The topological polar surface area (TPSA) is 58.2 Å². The van der Waals surface area contributed by atoms with Crippen LogP contribution in [0.3, 0.4) is 0 Å². The summed E-state index contributed by atoms with van der Waals surface area (Å²) in [5.41, 5.74) is 1.77. The number of ether oxygens (including phenoxy) is 1. The van der Waals surface area contributed by atoms with Crippen LogP contribution in [0.1, 0.15) is 22.5 Å². The van der Waals surface area contributed by atoms with E-state index in [0.29, 0.717) is 18.8 Å². The molecule has 1 fully saturated rings. The largest absolute Gasteiger partial charge is 0.379 e. The fourth-order valence-corrected chi connectivity index (χ4v) is 2.64. The number of hydrogen-bond donors (Lipinski definition) is 1. The summed E-state index contributed by atoms with van der Waals surface area (Å²) in [6.07, 6.45) is 3.35. The maximum atomic E-state index is 12.6. The molecule has 1 amide bonds.